The molecule has 18 aromatic rings. The lowest BCUT2D eigenvalue weighted by molar-refractivity contribution is 0.215. The summed E-state index contributed by atoms with van der Waals surface area (Å²) in [5, 5.41) is 76.3. The van der Waals surface area contributed by atoms with Gasteiger partial charge in [-0.3, -0.25) is 43.6 Å². The van der Waals surface area contributed by atoms with Crippen molar-refractivity contribution in [3.8, 4) is 115 Å². The third-order valence-corrected chi connectivity index (χ3v) is 24.3. The minimum atomic E-state index is 0.169. The smallest absolute Gasteiger partial charge is 0.183 e. The van der Waals surface area contributed by atoms with E-state index >= 15 is 0 Å². The molecule has 672 valence electrons. The third-order valence-electron chi connectivity index (χ3n) is 23.2. The number of nitrogens with zero attached hydrogens (tertiary/aromatic N) is 28. The van der Waals surface area contributed by atoms with E-state index in [0.717, 1.165) is 111 Å². The fourth-order valence-corrected chi connectivity index (χ4v) is 17.5. The van der Waals surface area contributed by atoms with Crippen LogP contribution in [0.25, 0.3) is 134 Å². The van der Waals surface area contributed by atoms with E-state index in [0.29, 0.717) is 142 Å². The molecule has 1 saturated heterocycles. The highest BCUT2D eigenvalue weighted by molar-refractivity contribution is 6.37. The largest absolute Gasteiger partial charge is 0.368 e. The Hall–Kier alpha value is -15.7. The topological polar surface area (TPSA) is 403 Å². The van der Waals surface area contributed by atoms with Gasteiger partial charge in [-0.15, -0.1) is 0 Å². The van der Waals surface area contributed by atoms with Crippen LogP contribution in [0.15, 0.2) is 208 Å². The van der Waals surface area contributed by atoms with Gasteiger partial charge in [-0.05, 0) is 166 Å². The number of hydrogen-bond donors (Lipinski definition) is 4. The predicted molar refractivity (Wildman–Crippen MR) is 524 cm³/mol. The first-order valence-electron chi connectivity index (χ1n) is 43.7. The number of hydrogen-bond acceptors (Lipinski definition) is 27. The van der Waals surface area contributed by atoms with Gasteiger partial charge in [-0.25, -0.2) is 44.9 Å². The summed E-state index contributed by atoms with van der Waals surface area (Å²) in [6, 6.07) is 50.3. The van der Waals surface area contributed by atoms with Crippen LogP contribution in [-0.4, -0.2) is 152 Å². The number of fused-ring (bicyclic) bond motifs is 4. The van der Waals surface area contributed by atoms with Crippen molar-refractivity contribution in [1.29, 1.82) is 21.0 Å². The van der Waals surface area contributed by atoms with Crippen LogP contribution in [0.5, 0.6) is 0 Å². The lowest BCUT2D eigenvalue weighted by atomic mass is 9.87. The van der Waals surface area contributed by atoms with Crippen LogP contribution in [0.3, 0.4) is 0 Å². The van der Waals surface area contributed by atoms with E-state index in [1.54, 1.807) is 74.4 Å². The van der Waals surface area contributed by atoms with E-state index in [1.165, 1.54) is 44.9 Å². The molecule has 4 N–H and O–H groups in total. The molecule has 1 aliphatic carbocycles. The van der Waals surface area contributed by atoms with Crippen molar-refractivity contribution in [3.63, 3.8) is 0 Å². The first-order chi connectivity index (χ1) is 65.8. The molecule has 1 saturated carbocycles. The highest BCUT2D eigenvalue weighted by Gasteiger charge is 2.28. The SMILES string of the molecule is CN1CCC(CCNc2nc(-c3ccn(C)n3)c(-c3cc(Cl)c4ncccc4c3)nc2C#N)CC1.Cn1ccc(-c2nc(NCCC3CCCCC3)c(C#N)nc2-c2cc(Cl)c3ncccc3c2)n1.Cn1ccc(-c2nc(NCc3cccnc3)c(C#N)nc2-c2cc(Cl)c3ncccc3c2)n1.Cn1cnc(CNc2nc(-c3ccn(C)n3)c(-c3cc(Cl)c4ncccc4c3)nc2C#N)c1. The second-order valence-corrected chi connectivity index (χ2v) is 34.5. The molecule has 0 spiro atoms. The molecule has 14 aromatic heterocycles. The average molecular weight is 1870 g/mol. The summed E-state index contributed by atoms with van der Waals surface area (Å²) in [5.74, 6) is 3.14. The van der Waals surface area contributed by atoms with E-state index in [2.05, 4.69) is 118 Å². The van der Waals surface area contributed by atoms with Gasteiger partial charge in [0, 0.05) is 167 Å². The van der Waals surface area contributed by atoms with Crippen molar-refractivity contribution in [2.45, 2.75) is 70.9 Å². The lowest BCUT2D eigenvalue weighted by Crippen LogP contribution is -2.30. The molecule has 135 heavy (non-hydrogen) atoms. The van der Waals surface area contributed by atoms with E-state index in [9.17, 15) is 21.0 Å². The Balaban J connectivity index is 0.000000125. The van der Waals surface area contributed by atoms with Crippen LogP contribution in [0.1, 0.15) is 91.8 Å². The quantitative estimate of drug-likeness (QED) is 0.0489. The molecule has 1 aliphatic heterocycles. The number of likely N-dealkylation sites (tertiary alicyclic amines) is 1. The summed E-state index contributed by atoms with van der Waals surface area (Å²) in [6.07, 6.45) is 32.4. The number of benzene rings is 4. The number of pyridine rings is 5. The zero-order chi connectivity index (χ0) is 93.6. The third kappa shape index (κ3) is 21.4. The molecule has 0 radical (unpaired) electrons. The molecule has 0 unspecified atom stereocenters. The first kappa shape index (κ1) is 91.2. The zero-order valence-corrected chi connectivity index (χ0v) is 77.4. The summed E-state index contributed by atoms with van der Waals surface area (Å²) in [5.41, 5.74) is 15.6. The molecule has 2 fully saturated rings. The van der Waals surface area contributed by atoms with Crippen LogP contribution < -0.4 is 21.3 Å². The normalized spacial score (nSPS) is 12.8. The van der Waals surface area contributed by atoms with Gasteiger partial charge in [-0.2, -0.15) is 41.4 Å². The molecule has 15 heterocycles. The highest BCUT2D eigenvalue weighted by Crippen LogP contribution is 2.42. The van der Waals surface area contributed by atoms with Gasteiger partial charge in [0.1, 0.15) is 92.6 Å². The Kier molecular flexibility index (Phi) is 28.3. The highest BCUT2D eigenvalue weighted by atomic mass is 35.5. The monoisotopic (exact) mass is 1860 g/mol. The van der Waals surface area contributed by atoms with Crippen molar-refractivity contribution < 1.29 is 0 Å². The van der Waals surface area contributed by atoms with Crippen molar-refractivity contribution in [2.75, 3.05) is 54.5 Å². The first-order valence-corrected chi connectivity index (χ1v) is 45.3. The molecule has 36 heteroatoms. The number of rotatable bonds is 22. The Labute approximate surface area is 796 Å². The molecule has 20 rings (SSSR count). The maximum atomic E-state index is 9.91. The molecule has 0 atom stereocenters. The minimum absolute atomic E-state index is 0.169. The van der Waals surface area contributed by atoms with E-state index in [-0.39, 0.29) is 22.8 Å². The van der Waals surface area contributed by atoms with Gasteiger partial charge >= 0.3 is 0 Å². The summed E-state index contributed by atoms with van der Waals surface area (Å²) in [4.78, 5) is 66.4. The standard InChI is InChI=1S/C26H27ClN8.C26H26ClN7.C24H17ClN8.C23H18ClN9/c1-34-11-6-17(7-12-34)5-10-30-26-22(16-28)31-24(25(32-26)21-8-13-35(2)33-21)19-14-18-4-3-9-29-23(18)20(27)15-19;1-34-13-10-21(33-34)25-24(19-14-18-8-5-11-29-23(18)20(27)15-19)31-22(16-28)26(32-25)30-12-9-17-6-3-2-4-7-17;1-33-9-6-19(32-33)23-22(17-10-16-5-3-8-28-21(16)18(25)11-17)30-20(12-26)24(31-23)29-14-15-4-2-7-27-13-15;1-32-12-16(28-13-32)11-27-23-19(10-25)29-21(22(30-23)18-5-7-33(2)31-18)15-8-14-4-3-6-26-20(14)17(24)9-15/h3-4,8-9,13-15,17H,5-7,10-12H2,1-2H3,(H,30,32);5,8,10-11,13-15,17H,2-4,6-7,9,12H2,1H3,(H,30,32);2-11,13H,14H2,1H3,(H,29,31);3-9,12-13H,11H2,1-2H3,(H,27,30). The van der Waals surface area contributed by atoms with Gasteiger partial charge in [-0.1, -0.05) is 109 Å². The number of nitrogens with one attached hydrogen (secondary N) is 4. The van der Waals surface area contributed by atoms with E-state index in [4.69, 9.17) is 76.3 Å². The molecule has 0 bridgehead atoms. The summed E-state index contributed by atoms with van der Waals surface area (Å²) >= 11 is 26.2. The van der Waals surface area contributed by atoms with Crippen LogP contribution >= 0.6 is 46.4 Å². The molecule has 32 nitrogen and oxygen atoms in total. The van der Waals surface area contributed by atoms with Gasteiger partial charge in [0.05, 0.1) is 60.7 Å². The Morgan fingerprint density at radius 3 is 1.01 bits per heavy atom. The number of halogens is 4. The van der Waals surface area contributed by atoms with E-state index in [1.807, 2.05) is 192 Å². The number of nitriles is 4. The van der Waals surface area contributed by atoms with Gasteiger partial charge in [0.15, 0.2) is 46.0 Å². The number of piperidine rings is 1. The van der Waals surface area contributed by atoms with Gasteiger partial charge in [0.25, 0.3) is 0 Å². The van der Waals surface area contributed by atoms with Crippen LogP contribution in [0, 0.1) is 57.2 Å². The van der Waals surface area contributed by atoms with Crippen LogP contribution in [-0.2, 0) is 48.3 Å². The fourth-order valence-electron chi connectivity index (χ4n) is 16.4. The summed E-state index contributed by atoms with van der Waals surface area (Å²) < 4.78 is 8.70. The molecule has 4 aromatic carbocycles. The van der Waals surface area contributed by atoms with Crippen molar-refractivity contribution in [2.24, 2.45) is 47.1 Å². The maximum Gasteiger partial charge on any atom is 0.183 e. The number of anilines is 4. The van der Waals surface area contributed by atoms with Crippen molar-refractivity contribution >= 4 is 113 Å². The zero-order valence-electron chi connectivity index (χ0n) is 74.4. The van der Waals surface area contributed by atoms with E-state index < -0.39 is 0 Å². The Morgan fingerprint density at radius 2 is 0.696 bits per heavy atom. The summed E-state index contributed by atoms with van der Waals surface area (Å²) in [6.45, 7) is 4.63. The number of imidazole rings is 1. The predicted octanol–water partition coefficient (Wildman–Crippen LogP) is 19.3. The second kappa shape index (κ2) is 41.8. The van der Waals surface area contributed by atoms with Gasteiger partial charge in [0.2, 0.25) is 0 Å². The van der Waals surface area contributed by atoms with Crippen LogP contribution in [0.4, 0.5) is 23.3 Å². The van der Waals surface area contributed by atoms with Crippen LogP contribution in [0.2, 0.25) is 20.1 Å². The van der Waals surface area contributed by atoms with Gasteiger partial charge < -0.3 is 30.7 Å². The molecule has 2 aliphatic rings. The number of aryl methyl sites for hydroxylation is 5. The van der Waals surface area contributed by atoms with Crippen molar-refractivity contribution in [3.05, 3.63) is 262 Å². The molecular weight excluding hydrogens is 1780 g/mol. The molecular formula is C99H88Cl4N32. The minimum Gasteiger partial charge on any atom is -0.368 e. The summed E-state index contributed by atoms with van der Waals surface area (Å²) in [7, 11) is 11.5. The second-order valence-electron chi connectivity index (χ2n) is 32.8. The average Bonchev–Trinajstić information content (AvgIpc) is 1.75. The maximum absolute atomic E-state index is 9.91. The lowest BCUT2D eigenvalue weighted by Gasteiger charge is -2.28. The number of aromatic nitrogens is 23. The Morgan fingerprint density at radius 1 is 0.363 bits per heavy atom. The molecule has 0 amide bonds. The van der Waals surface area contributed by atoms with Crippen molar-refractivity contribution in [1.82, 2.24) is 118 Å². The fraction of sp³-hybridized carbons (Fsp3) is 0.232. The Bertz CT molecular complexity index is 7570.